The fourth-order valence-corrected chi connectivity index (χ4v) is 6.22. The predicted octanol–water partition coefficient (Wildman–Crippen LogP) is 4.66. The van der Waals surface area contributed by atoms with Crippen LogP contribution < -0.4 is 10.6 Å². The Labute approximate surface area is 273 Å². The van der Waals surface area contributed by atoms with Crippen molar-refractivity contribution in [2.24, 2.45) is 0 Å². The molecule has 1 saturated heterocycles. The summed E-state index contributed by atoms with van der Waals surface area (Å²) in [4.78, 5) is 54.0. The van der Waals surface area contributed by atoms with Gasteiger partial charge in [0.25, 0.3) is 5.91 Å². The number of hydrogen-bond acceptors (Lipinski definition) is 10. The number of imidazole rings is 1. The number of anilines is 1. The van der Waals surface area contributed by atoms with Crippen LogP contribution in [0, 0.1) is 3.83 Å². The number of benzene rings is 2. The van der Waals surface area contributed by atoms with Crippen LogP contribution in [-0.4, -0.2) is 68.3 Å². The van der Waals surface area contributed by atoms with Gasteiger partial charge in [-0.05, 0) is 44.0 Å². The van der Waals surface area contributed by atoms with E-state index < -0.39 is 42.4 Å². The molecule has 0 radical (unpaired) electrons. The third kappa shape index (κ3) is 6.78. The van der Waals surface area contributed by atoms with Crippen molar-refractivity contribution >= 4 is 57.4 Å². The SMILES string of the molecule is CCNC(=O)[C@H]1O[C@@H](n2cnc3c(NC4CCCCC4)nc(I)nc32)[C@H](OC(=O)c2ccccc2)[C@@H]1OC(=O)c1ccccc1. The van der Waals surface area contributed by atoms with E-state index in [1.807, 2.05) is 22.6 Å². The molecule has 0 bridgehead atoms. The van der Waals surface area contributed by atoms with Crippen LogP contribution in [0.3, 0.4) is 0 Å². The topological polar surface area (TPSA) is 147 Å². The van der Waals surface area contributed by atoms with Gasteiger partial charge in [-0.1, -0.05) is 55.7 Å². The van der Waals surface area contributed by atoms with E-state index in [0.29, 0.717) is 27.4 Å². The van der Waals surface area contributed by atoms with Gasteiger partial charge in [-0.15, -0.1) is 0 Å². The van der Waals surface area contributed by atoms with Gasteiger partial charge < -0.3 is 24.8 Å². The molecule has 1 amide bonds. The van der Waals surface area contributed by atoms with Crippen molar-refractivity contribution in [2.45, 2.75) is 69.6 Å². The van der Waals surface area contributed by atoms with E-state index in [0.717, 1.165) is 25.7 Å². The first-order valence-corrected chi connectivity index (χ1v) is 16.1. The molecule has 0 unspecified atom stereocenters. The number of nitrogens with zero attached hydrogens (tertiary/aromatic N) is 4. The summed E-state index contributed by atoms with van der Waals surface area (Å²) >= 11 is 2.05. The molecule has 45 heavy (non-hydrogen) atoms. The third-order valence-corrected chi connectivity index (χ3v) is 8.40. The highest BCUT2D eigenvalue weighted by molar-refractivity contribution is 14.1. The number of likely N-dealkylation sites (N-methyl/N-ethyl adjacent to an activating group) is 1. The lowest BCUT2D eigenvalue weighted by Crippen LogP contribution is -2.46. The molecule has 12 nitrogen and oxygen atoms in total. The smallest absolute Gasteiger partial charge is 0.338 e. The maximum absolute atomic E-state index is 13.4. The molecule has 0 spiro atoms. The predicted molar refractivity (Wildman–Crippen MR) is 172 cm³/mol. The number of hydrogen-bond donors (Lipinski definition) is 2. The Morgan fingerprint density at radius 1 is 0.911 bits per heavy atom. The van der Waals surface area contributed by atoms with Gasteiger partial charge >= 0.3 is 11.9 Å². The molecule has 2 aromatic carbocycles. The van der Waals surface area contributed by atoms with Gasteiger partial charge in [0.1, 0.15) is 0 Å². The van der Waals surface area contributed by atoms with Crippen LogP contribution in [0.15, 0.2) is 67.0 Å². The Balaban J connectivity index is 1.40. The fraction of sp³-hybridized carbons (Fsp3) is 0.375. The standard InChI is InChI=1S/C32H33IN6O6/c1-2-34-28(40)24-23(44-30(41)19-12-6-3-7-13-19)25(45-31(42)20-14-8-4-9-15-20)29(43-24)39-18-35-22-26(37-32(33)38-27(22)39)36-21-16-10-5-11-17-21/h3-4,6-9,12-15,18,21,23-25,29H,2,5,10-11,16-17H2,1H3,(H,34,40)(H,36,37,38)/t23-,24+,25-,29-/m1/s1. The second-order valence-electron chi connectivity index (χ2n) is 11.0. The summed E-state index contributed by atoms with van der Waals surface area (Å²) in [7, 11) is 0. The highest BCUT2D eigenvalue weighted by atomic mass is 127. The number of ether oxygens (including phenoxy) is 3. The molecular weight excluding hydrogens is 691 g/mol. The molecule has 1 aliphatic heterocycles. The summed E-state index contributed by atoms with van der Waals surface area (Å²) in [5.41, 5.74) is 1.50. The van der Waals surface area contributed by atoms with E-state index in [9.17, 15) is 14.4 Å². The van der Waals surface area contributed by atoms with Crippen LogP contribution >= 0.6 is 22.6 Å². The van der Waals surface area contributed by atoms with Crippen molar-refractivity contribution < 1.29 is 28.6 Å². The summed E-state index contributed by atoms with van der Waals surface area (Å²) < 4.78 is 20.4. The summed E-state index contributed by atoms with van der Waals surface area (Å²) in [5.74, 6) is -1.27. The van der Waals surface area contributed by atoms with Gasteiger partial charge in [-0.3, -0.25) is 9.36 Å². The zero-order valence-corrected chi connectivity index (χ0v) is 26.8. The zero-order valence-electron chi connectivity index (χ0n) is 24.6. The molecule has 6 rings (SSSR count). The molecule has 1 aliphatic carbocycles. The van der Waals surface area contributed by atoms with Crippen molar-refractivity contribution in [3.8, 4) is 0 Å². The van der Waals surface area contributed by atoms with E-state index in [4.69, 9.17) is 14.2 Å². The number of halogens is 1. The van der Waals surface area contributed by atoms with Crippen LogP contribution in [0.4, 0.5) is 5.82 Å². The average molecular weight is 725 g/mol. The van der Waals surface area contributed by atoms with Gasteiger partial charge in [0.05, 0.1) is 17.5 Å². The minimum atomic E-state index is -1.30. The van der Waals surface area contributed by atoms with E-state index >= 15 is 0 Å². The van der Waals surface area contributed by atoms with Crippen LogP contribution in [0.25, 0.3) is 11.2 Å². The molecular formula is C32H33IN6O6. The number of fused-ring (bicyclic) bond motifs is 1. The van der Waals surface area contributed by atoms with Gasteiger partial charge in [0.15, 0.2) is 45.4 Å². The van der Waals surface area contributed by atoms with Crippen LogP contribution in [-0.2, 0) is 19.0 Å². The molecule has 2 aromatic heterocycles. The normalized spacial score (nSPS) is 21.7. The lowest BCUT2D eigenvalue weighted by molar-refractivity contribution is -0.137. The summed E-state index contributed by atoms with van der Waals surface area (Å²) in [5, 5.41) is 6.28. The molecule has 4 aromatic rings. The Hall–Kier alpha value is -4.11. The average Bonchev–Trinajstić information content (AvgIpc) is 3.63. The molecule has 2 aliphatic rings. The number of nitrogens with one attached hydrogen (secondary N) is 2. The fourth-order valence-electron chi connectivity index (χ4n) is 5.75. The Bertz CT molecular complexity index is 1660. The number of carbonyl (C=O) groups is 3. The number of esters is 2. The monoisotopic (exact) mass is 724 g/mol. The first-order chi connectivity index (χ1) is 21.9. The largest absolute Gasteiger partial charge is 0.451 e. The van der Waals surface area contributed by atoms with Crippen molar-refractivity contribution in [3.05, 3.63) is 81.9 Å². The van der Waals surface area contributed by atoms with Gasteiger partial charge in [-0.25, -0.2) is 24.5 Å². The second-order valence-corrected chi connectivity index (χ2v) is 11.9. The number of aromatic nitrogens is 4. The number of rotatable bonds is 9. The summed E-state index contributed by atoms with van der Waals surface area (Å²) in [6.45, 7) is 2.08. The van der Waals surface area contributed by atoms with Crippen molar-refractivity contribution in [3.63, 3.8) is 0 Å². The second kappa shape index (κ2) is 13.9. The third-order valence-electron chi connectivity index (χ3n) is 7.92. The minimum Gasteiger partial charge on any atom is -0.451 e. The first-order valence-electron chi connectivity index (χ1n) is 15.0. The Morgan fingerprint density at radius 3 is 2.16 bits per heavy atom. The van der Waals surface area contributed by atoms with Gasteiger partial charge in [0.2, 0.25) is 0 Å². The van der Waals surface area contributed by atoms with Gasteiger partial charge in [0, 0.05) is 35.2 Å². The van der Waals surface area contributed by atoms with Crippen LogP contribution in [0.1, 0.15) is 66.0 Å². The first kappa shape index (κ1) is 30.9. The minimum absolute atomic E-state index is 0.268. The van der Waals surface area contributed by atoms with Crippen molar-refractivity contribution in [1.82, 2.24) is 24.8 Å². The molecule has 4 atom stereocenters. The molecule has 1 saturated carbocycles. The van der Waals surface area contributed by atoms with Crippen molar-refractivity contribution in [2.75, 3.05) is 11.9 Å². The lowest BCUT2D eigenvalue weighted by atomic mass is 9.95. The summed E-state index contributed by atoms with van der Waals surface area (Å²) in [6.07, 6.45) is 2.16. The van der Waals surface area contributed by atoms with E-state index in [2.05, 4.69) is 25.6 Å². The van der Waals surface area contributed by atoms with Crippen LogP contribution in [0.5, 0.6) is 0 Å². The Morgan fingerprint density at radius 2 is 1.53 bits per heavy atom. The van der Waals surface area contributed by atoms with Crippen molar-refractivity contribution in [1.29, 1.82) is 0 Å². The molecule has 2 fully saturated rings. The van der Waals surface area contributed by atoms with E-state index in [-0.39, 0.29) is 17.2 Å². The van der Waals surface area contributed by atoms with Crippen LogP contribution in [0.2, 0.25) is 0 Å². The van der Waals surface area contributed by atoms with Gasteiger partial charge in [-0.2, -0.15) is 0 Å². The molecule has 234 valence electrons. The zero-order chi connectivity index (χ0) is 31.3. The lowest BCUT2D eigenvalue weighted by Gasteiger charge is -2.25. The van der Waals surface area contributed by atoms with E-state index in [1.54, 1.807) is 72.2 Å². The number of amides is 1. The van der Waals surface area contributed by atoms with E-state index in [1.165, 1.54) is 12.7 Å². The number of carbonyl (C=O) groups excluding carboxylic acids is 3. The molecule has 2 N–H and O–H groups in total. The molecule has 13 heteroatoms. The highest BCUT2D eigenvalue weighted by Gasteiger charge is 2.54. The highest BCUT2D eigenvalue weighted by Crippen LogP contribution is 2.37. The summed E-state index contributed by atoms with van der Waals surface area (Å²) in [6, 6.07) is 17.1. The quantitative estimate of drug-likeness (QED) is 0.142. The maximum Gasteiger partial charge on any atom is 0.338 e. The Kier molecular flexibility index (Phi) is 9.54. The maximum atomic E-state index is 13.4. The molecule has 3 heterocycles.